The average molecular weight is 410 g/mol. The molecule has 1 saturated heterocycles. The van der Waals surface area contributed by atoms with E-state index >= 15 is 0 Å². The van der Waals surface area contributed by atoms with E-state index in [0.717, 1.165) is 6.07 Å². The molecule has 1 aromatic rings. The molecule has 1 aliphatic rings. The van der Waals surface area contributed by atoms with E-state index in [0.29, 0.717) is 12.8 Å². The zero-order valence-electron chi connectivity index (χ0n) is 17.7. The first kappa shape index (κ1) is 24.2. The molecule has 1 N–H and O–H groups in total. The smallest absolute Gasteiger partial charge is 1.00 e. The van der Waals surface area contributed by atoms with Gasteiger partial charge in [0.1, 0.15) is 17.3 Å². The number of carboxylic acid groups (broad SMARTS) is 1. The minimum absolute atomic E-state index is 0. The number of carbonyl (C=O) groups excluding carboxylic acids is 1. The number of ether oxygens (including phenoxy) is 1. The second-order valence-electron chi connectivity index (χ2n) is 8.26. The monoisotopic (exact) mass is 409 g/mol. The summed E-state index contributed by atoms with van der Waals surface area (Å²) >= 11 is 5.71. The molecule has 0 bridgehead atoms. The van der Waals surface area contributed by atoms with Crippen LogP contribution >= 0.6 is 11.6 Å². The fourth-order valence-electron chi connectivity index (χ4n) is 3.44. The minimum Gasteiger partial charge on any atom is -1.00 e. The molecule has 2 atom stereocenters. The molecule has 0 saturated carbocycles. The molecule has 1 aliphatic heterocycles. The number of hydrogen-bond acceptors (Lipinski definition) is 3. The number of likely N-dealkylation sites (tertiary alicyclic amines) is 1. The van der Waals surface area contributed by atoms with Crippen LogP contribution in [0.1, 0.15) is 60.4 Å². The van der Waals surface area contributed by atoms with Gasteiger partial charge in [-0.1, -0.05) is 17.7 Å². The number of rotatable bonds is 3. The zero-order chi connectivity index (χ0) is 19.9. The predicted octanol–water partition coefficient (Wildman–Crippen LogP) is 1.94. The van der Waals surface area contributed by atoms with Crippen LogP contribution in [0.15, 0.2) is 18.2 Å². The molecule has 1 unspecified atom stereocenters. The van der Waals surface area contributed by atoms with Gasteiger partial charge in [0.2, 0.25) is 0 Å². The summed E-state index contributed by atoms with van der Waals surface area (Å²) in [7, 11) is 0. The SMILES string of the molecule is CC(C)(C)OC(=O)N1C([C@@H](C(=O)O)c2ccc(Cl)c(F)c2)CCC1(C)C.[H-].[Na+]. The normalized spacial score (nSPS) is 20.0. The first-order valence-electron chi connectivity index (χ1n) is 8.53. The Kier molecular flexibility index (Phi) is 7.79. The molecule has 1 aromatic carbocycles. The summed E-state index contributed by atoms with van der Waals surface area (Å²) in [5.74, 6) is -2.88. The first-order valence-corrected chi connectivity index (χ1v) is 8.91. The third-order valence-corrected chi connectivity index (χ3v) is 4.89. The van der Waals surface area contributed by atoms with Crippen molar-refractivity contribution in [2.24, 2.45) is 0 Å². The maximum absolute atomic E-state index is 13.9. The molecule has 0 aliphatic carbocycles. The molecule has 0 radical (unpaired) electrons. The molecule has 2 rings (SSSR count). The number of aliphatic carboxylic acids is 1. The topological polar surface area (TPSA) is 66.8 Å². The van der Waals surface area contributed by atoms with Gasteiger partial charge in [0.05, 0.1) is 11.1 Å². The van der Waals surface area contributed by atoms with E-state index in [4.69, 9.17) is 16.3 Å². The average Bonchev–Trinajstić information content (AvgIpc) is 2.76. The van der Waals surface area contributed by atoms with E-state index in [9.17, 15) is 19.1 Å². The Balaban J connectivity index is 0.00000364. The van der Waals surface area contributed by atoms with Crippen LogP contribution in [0.4, 0.5) is 9.18 Å². The molecule has 8 heteroatoms. The predicted molar refractivity (Wildman–Crippen MR) is 98.1 cm³/mol. The molecule has 1 amide bonds. The number of amides is 1. The van der Waals surface area contributed by atoms with Crippen LogP contribution in [0.2, 0.25) is 5.02 Å². The van der Waals surface area contributed by atoms with Gasteiger partial charge in [-0.2, -0.15) is 0 Å². The second-order valence-corrected chi connectivity index (χ2v) is 8.67. The van der Waals surface area contributed by atoms with Crippen LogP contribution in [0, 0.1) is 5.82 Å². The van der Waals surface area contributed by atoms with Crippen molar-refractivity contribution < 1.29 is 54.8 Å². The van der Waals surface area contributed by atoms with Gasteiger partial charge in [0.15, 0.2) is 0 Å². The van der Waals surface area contributed by atoms with Crippen molar-refractivity contribution in [3.8, 4) is 0 Å². The quantitative estimate of drug-likeness (QED) is 0.775. The summed E-state index contributed by atoms with van der Waals surface area (Å²) in [6.07, 6.45) is 0.537. The van der Waals surface area contributed by atoms with Gasteiger partial charge in [-0.25, -0.2) is 9.18 Å². The molecule has 5 nitrogen and oxygen atoms in total. The van der Waals surface area contributed by atoms with E-state index in [2.05, 4.69) is 0 Å². The Hall–Kier alpha value is -0.820. The second kappa shape index (κ2) is 8.68. The Bertz CT molecular complexity index is 726. The van der Waals surface area contributed by atoms with Gasteiger partial charge in [-0.05, 0) is 65.2 Å². The number of nitrogens with zero attached hydrogens (tertiary/aromatic N) is 1. The Morgan fingerprint density at radius 2 is 2.00 bits per heavy atom. The van der Waals surface area contributed by atoms with Crippen LogP contribution < -0.4 is 29.6 Å². The third kappa shape index (κ3) is 5.59. The molecule has 1 fully saturated rings. The molecule has 27 heavy (non-hydrogen) atoms. The Morgan fingerprint density at radius 1 is 1.41 bits per heavy atom. The Morgan fingerprint density at radius 3 is 2.48 bits per heavy atom. The maximum atomic E-state index is 13.9. The van der Waals surface area contributed by atoms with Crippen molar-refractivity contribution in [1.29, 1.82) is 0 Å². The van der Waals surface area contributed by atoms with E-state index in [1.165, 1.54) is 17.0 Å². The van der Waals surface area contributed by atoms with E-state index in [1.807, 2.05) is 13.8 Å². The maximum Gasteiger partial charge on any atom is 1.00 e. The van der Waals surface area contributed by atoms with E-state index in [-0.39, 0.29) is 41.6 Å². The number of halogens is 2. The summed E-state index contributed by atoms with van der Waals surface area (Å²) in [5.41, 5.74) is -0.993. The van der Waals surface area contributed by atoms with Crippen molar-refractivity contribution in [2.45, 2.75) is 70.6 Å². The fourth-order valence-corrected chi connectivity index (χ4v) is 3.56. The zero-order valence-corrected chi connectivity index (χ0v) is 19.4. The van der Waals surface area contributed by atoms with Crippen LogP contribution in [0.5, 0.6) is 0 Å². The van der Waals surface area contributed by atoms with Crippen LogP contribution in [0.3, 0.4) is 0 Å². The molecular weight excluding hydrogens is 384 g/mol. The summed E-state index contributed by atoms with van der Waals surface area (Å²) in [4.78, 5) is 26.3. The van der Waals surface area contributed by atoms with Gasteiger partial charge in [-0.3, -0.25) is 9.69 Å². The molecular formula is C19H26ClFNNaO4. The first-order chi connectivity index (χ1) is 11.8. The largest absolute Gasteiger partial charge is 1.00 e. The summed E-state index contributed by atoms with van der Waals surface area (Å²) in [6, 6.07) is 3.31. The molecule has 0 spiro atoms. The van der Waals surface area contributed by atoms with E-state index in [1.54, 1.807) is 20.8 Å². The summed E-state index contributed by atoms with van der Waals surface area (Å²) in [6.45, 7) is 9.02. The van der Waals surface area contributed by atoms with Crippen molar-refractivity contribution in [2.75, 3.05) is 0 Å². The number of carboxylic acids is 1. The molecule has 0 aromatic heterocycles. The van der Waals surface area contributed by atoms with Gasteiger partial charge in [0.25, 0.3) is 0 Å². The van der Waals surface area contributed by atoms with Crippen LogP contribution in [-0.4, -0.2) is 39.3 Å². The number of benzene rings is 1. The van der Waals surface area contributed by atoms with Crippen molar-refractivity contribution in [1.82, 2.24) is 4.90 Å². The minimum atomic E-state index is -1.12. The summed E-state index contributed by atoms with van der Waals surface area (Å²) < 4.78 is 19.4. The Labute approximate surface area is 188 Å². The van der Waals surface area contributed by atoms with Crippen molar-refractivity contribution in [3.05, 3.63) is 34.6 Å². The van der Waals surface area contributed by atoms with Gasteiger partial charge in [-0.15, -0.1) is 0 Å². The molecule has 146 valence electrons. The fraction of sp³-hybridized carbons (Fsp3) is 0.579. The van der Waals surface area contributed by atoms with Gasteiger partial charge in [0, 0.05) is 5.54 Å². The van der Waals surface area contributed by atoms with Gasteiger partial charge < -0.3 is 11.3 Å². The van der Waals surface area contributed by atoms with Crippen LogP contribution in [0.25, 0.3) is 0 Å². The van der Waals surface area contributed by atoms with Crippen molar-refractivity contribution >= 4 is 23.7 Å². The summed E-state index contributed by atoms with van der Waals surface area (Å²) in [5, 5.41) is 9.74. The van der Waals surface area contributed by atoms with Gasteiger partial charge >= 0.3 is 41.6 Å². The number of hydrogen-bond donors (Lipinski definition) is 1. The van der Waals surface area contributed by atoms with E-state index < -0.39 is 41.0 Å². The standard InChI is InChI=1S/C19H25ClFNO4.Na.H/c1-18(2,3)26-17(25)22-14(8-9-19(22,4)5)15(16(23)24)11-6-7-12(20)13(21)10-11;;/h6-7,10,14-15H,8-9H2,1-5H3,(H,23,24);;/q;+1;-1/t14?,15-;;/m0../s1. The molecule has 1 heterocycles. The third-order valence-electron chi connectivity index (χ3n) is 4.58. The van der Waals surface area contributed by atoms with Crippen LogP contribution in [-0.2, 0) is 9.53 Å². The number of carbonyl (C=O) groups is 2. The van der Waals surface area contributed by atoms with Crippen molar-refractivity contribution in [3.63, 3.8) is 0 Å².